The van der Waals surface area contributed by atoms with Gasteiger partial charge in [0.2, 0.25) is 0 Å². The molecule has 1 saturated heterocycles. The second kappa shape index (κ2) is 13.5. The van der Waals surface area contributed by atoms with Crippen molar-refractivity contribution < 1.29 is 24.0 Å². The average Bonchev–Trinajstić information content (AvgIpc) is 3.25. The highest BCUT2D eigenvalue weighted by molar-refractivity contribution is 8.18. The van der Waals surface area contributed by atoms with Crippen LogP contribution in [0.25, 0.3) is 6.08 Å². The Morgan fingerprint density at radius 3 is 2.60 bits per heavy atom. The summed E-state index contributed by atoms with van der Waals surface area (Å²) in [5, 5.41) is 22.5. The van der Waals surface area contributed by atoms with Crippen molar-refractivity contribution in [3.05, 3.63) is 98.4 Å². The Labute approximate surface area is 246 Å². The molecule has 3 amide bonds. The maximum atomic E-state index is 13.2. The number of nitrogens with one attached hydrogen (secondary N) is 1. The Bertz CT molecular complexity index is 1610. The number of amides is 3. The van der Waals surface area contributed by atoms with E-state index in [1.54, 1.807) is 42.5 Å². The van der Waals surface area contributed by atoms with E-state index in [2.05, 4.69) is 16.3 Å². The van der Waals surface area contributed by atoms with E-state index in [1.807, 2.05) is 19.9 Å². The zero-order valence-electron chi connectivity index (χ0n) is 22.9. The van der Waals surface area contributed by atoms with E-state index in [1.165, 1.54) is 24.3 Å². The van der Waals surface area contributed by atoms with Gasteiger partial charge < -0.3 is 15.0 Å². The average molecular weight is 586 g/mol. The molecule has 4 rings (SSSR count). The molecular weight excluding hydrogens is 558 g/mol. The zero-order chi connectivity index (χ0) is 30.2. The van der Waals surface area contributed by atoms with Crippen LogP contribution in [0.4, 0.5) is 21.9 Å². The molecule has 0 bridgehead atoms. The first-order valence-corrected chi connectivity index (χ1v) is 13.8. The Hall–Kier alpha value is -5.15. The number of carbonyl (C=O) groups excluding carboxylic acids is 3. The van der Waals surface area contributed by atoms with Gasteiger partial charge in [-0.15, -0.1) is 0 Å². The highest BCUT2D eigenvalue weighted by Crippen LogP contribution is 2.36. The van der Waals surface area contributed by atoms with Gasteiger partial charge in [-0.3, -0.25) is 29.4 Å². The molecule has 214 valence electrons. The fraction of sp³-hybridized carbons (Fsp3) is 0.200. The summed E-state index contributed by atoms with van der Waals surface area (Å²) < 4.78 is 5.88. The van der Waals surface area contributed by atoms with Crippen LogP contribution in [0.5, 0.6) is 5.75 Å². The van der Waals surface area contributed by atoms with Gasteiger partial charge in [-0.1, -0.05) is 24.3 Å². The van der Waals surface area contributed by atoms with Crippen LogP contribution in [0.1, 0.15) is 30.5 Å². The van der Waals surface area contributed by atoms with E-state index in [4.69, 9.17) is 4.74 Å². The number of benzene rings is 3. The van der Waals surface area contributed by atoms with Crippen LogP contribution in [0.15, 0.2) is 71.6 Å². The number of nitrogens with zero attached hydrogens (tertiary/aromatic N) is 4. The lowest BCUT2D eigenvalue weighted by atomic mass is 10.1. The summed E-state index contributed by atoms with van der Waals surface area (Å²) in [7, 11) is 0. The highest BCUT2D eigenvalue weighted by atomic mass is 32.2. The van der Waals surface area contributed by atoms with Crippen molar-refractivity contribution in [3.8, 4) is 11.8 Å². The van der Waals surface area contributed by atoms with Crippen molar-refractivity contribution in [1.82, 2.24) is 4.90 Å². The number of non-ortho nitro benzene ring substituents is 1. The van der Waals surface area contributed by atoms with Crippen molar-refractivity contribution in [2.75, 3.05) is 29.9 Å². The monoisotopic (exact) mass is 585 g/mol. The topological polar surface area (TPSA) is 146 Å². The number of imide groups is 1. The number of nitro benzene ring substituents is 1. The lowest BCUT2D eigenvalue weighted by molar-refractivity contribution is -0.384. The molecule has 11 nitrogen and oxygen atoms in total. The van der Waals surface area contributed by atoms with Crippen LogP contribution >= 0.6 is 11.8 Å². The number of nitro groups is 1. The maximum absolute atomic E-state index is 13.2. The molecule has 0 saturated carbocycles. The van der Waals surface area contributed by atoms with Crippen molar-refractivity contribution >= 4 is 52.0 Å². The van der Waals surface area contributed by atoms with Crippen LogP contribution in [0, 0.1) is 21.4 Å². The molecule has 0 radical (unpaired) electrons. The van der Waals surface area contributed by atoms with Crippen LogP contribution in [0.3, 0.4) is 0 Å². The first-order valence-electron chi connectivity index (χ1n) is 13.0. The number of hydrogen-bond donors (Lipinski definition) is 1. The molecule has 12 heteroatoms. The van der Waals surface area contributed by atoms with Gasteiger partial charge in [-0.2, -0.15) is 5.26 Å². The van der Waals surface area contributed by atoms with Crippen LogP contribution in [0.2, 0.25) is 0 Å². The van der Waals surface area contributed by atoms with E-state index in [9.17, 15) is 29.8 Å². The molecule has 0 aliphatic carbocycles. The number of anilines is 2. The summed E-state index contributed by atoms with van der Waals surface area (Å²) in [6.45, 7) is 5.03. The molecular formula is C30H27N5O6S. The minimum absolute atomic E-state index is 0.0339. The molecule has 0 aromatic heterocycles. The standard InChI is InChI=1S/C30H27N5O6S/c1-3-33(4-2)24-13-12-20(26(16-24)41-19-28(36)32-23-10-7-11-25(15-23)35(39)40)14-27-29(37)34(30(38)42-27)18-22-9-6-5-8-21(22)17-31/h5-16H,3-4,18-19H2,1-2H3,(H,32,36)/b27-14+. The first kappa shape index (κ1) is 29.8. The smallest absolute Gasteiger partial charge is 0.293 e. The summed E-state index contributed by atoms with van der Waals surface area (Å²) in [5.74, 6) is -0.721. The van der Waals surface area contributed by atoms with Gasteiger partial charge in [0.1, 0.15) is 5.75 Å². The molecule has 0 spiro atoms. The summed E-state index contributed by atoms with van der Waals surface area (Å²) in [6.07, 6.45) is 1.54. The molecule has 1 aliphatic rings. The summed E-state index contributed by atoms with van der Waals surface area (Å²) in [4.78, 5) is 52.5. The third-order valence-electron chi connectivity index (χ3n) is 6.45. The van der Waals surface area contributed by atoms with Gasteiger partial charge in [0.05, 0.1) is 28.0 Å². The van der Waals surface area contributed by atoms with Gasteiger partial charge in [0, 0.05) is 48.2 Å². The Morgan fingerprint density at radius 1 is 1.12 bits per heavy atom. The molecule has 0 atom stereocenters. The number of rotatable bonds is 11. The molecule has 0 unspecified atom stereocenters. The predicted molar refractivity (Wildman–Crippen MR) is 160 cm³/mol. The number of ether oxygens (including phenoxy) is 1. The molecule has 42 heavy (non-hydrogen) atoms. The Kier molecular flexibility index (Phi) is 9.57. The summed E-state index contributed by atoms with van der Waals surface area (Å²) in [6, 6.07) is 19.8. The van der Waals surface area contributed by atoms with E-state index >= 15 is 0 Å². The third-order valence-corrected chi connectivity index (χ3v) is 7.36. The Morgan fingerprint density at radius 2 is 1.88 bits per heavy atom. The lowest BCUT2D eigenvalue weighted by Gasteiger charge is -2.22. The minimum atomic E-state index is -0.554. The quantitative estimate of drug-likeness (QED) is 0.173. The molecule has 3 aromatic rings. The summed E-state index contributed by atoms with van der Waals surface area (Å²) in [5.41, 5.74) is 2.36. The lowest BCUT2D eigenvalue weighted by Crippen LogP contribution is -2.27. The van der Waals surface area contributed by atoms with Crippen molar-refractivity contribution in [2.45, 2.75) is 20.4 Å². The van der Waals surface area contributed by atoms with Crippen molar-refractivity contribution in [2.24, 2.45) is 0 Å². The largest absolute Gasteiger partial charge is 0.483 e. The molecule has 1 fully saturated rings. The molecule has 1 aliphatic heterocycles. The van der Waals surface area contributed by atoms with Gasteiger partial charge in [0.25, 0.3) is 22.7 Å². The normalized spacial score (nSPS) is 13.6. The van der Waals surface area contributed by atoms with E-state index < -0.39 is 28.6 Å². The molecule has 1 heterocycles. The number of nitriles is 1. The van der Waals surface area contributed by atoms with Gasteiger partial charge in [-0.25, -0.2) is 0 Å². The van der Waals surface area contributed by atoms with Gasteiger partial charge in [-0.05, 0) is 61.5 Å². The highest BCUT2D eigenvalue weighted by Gasteiger charge is 2.35. The maximum Gasteiger partial charge on any atom is 0.293 e. The predicted octanol–water partition coefficient (Wildman–Crippen LogP) is 5.57. The number of carbonyl (C=O) groups is 3. The van der Waals surface area contributed by atoms with Crippen LogP contribution in [-0.2, 0) is 16.1 Å². The fourth-order valence-electron chi connectivity index (χ4n) is 4.31. The second-order valence-corrected chi connectivity index (χ2v) is 10.1. The van der Waals surface area contributed by atoms with Gasteiger partial charge in [0.15, 0.2) is 6.61 Å². The summed E-state index contributed by atoms with van der Waals surface area (Å²) >= 11 is 0.783. The minimum Gasteiger partial charge on any atom is -0.483 e. The third kappa shape index (κ3) is 6.94. The van der Waals surface area contributed by atoms with Crippen LogP contribution in [-0.4, -0.2) is 46.6 Å². The zero-order valence-corrected chi connectivity index (χ0v) is 23.7. The van der Waals surface area contributed by atoms with E-state index in [0.29, 0.717) is 22.4 Å². The second-order valence-electron chi connectivity index (χ2n) is 9.08. The van der Waals surface area contributed by atoms with Crippen LogP contribution < -0.4 is 15.0 Å². The Balaban J connectivity index is 1.57. The fourth-order valence-corrected chi connectivity index (χ4v) is 5.13. The van der Waals surface area contributed by atoms with Gasteiger partial charge >= 0.3 is 0 Å². The van der Waals surface area contributed by atoms with Crippen molar-refractivity contribution in [1.29, 1.82) is 5.26 Å². The van der Waals surface area contributed by atoms with E-state index in [-0.39, 0.29) is 22.8 Å². The van der Waals surface area contributed by atoms with E-state index in [0.717, 1.165) is 35.4 Å². The SMILES string of the molecule is CCN(CC)c1ccc(/C=C2/SC(=O)N(Cc3ccccc3C#N)C2=O)c(OCC(=O)Nc2cccc([N+](=O)[O-])c2)c1. The number of hydrogen-bond acceptors (Lipinski definition) is 9. The number of thioether (sulfide) groups is 1. The molecule has 1 N–H and O–H groups in total. The molecule has 3 aromatic carbocycles. The first-order chi connectivity index (χ1) is 20.2. The van der Waals surface area contributed by atoms with Crippen molar-refractivity contribution in [3.63, 3.8) is 0 Å².